The number of fused-ring (bicyclic) bond motifs is 3. The van der Waals surface area contributed by atoms with Gasteiger partial charge < -0.3 is 0 Å². The Labute approximate surface area is 306 Å². The van der Waals surface area contributed by atoms with Gasteiger partial charge in [-0.15, -0.1) is 24.8 Å². The average molecular weight is 770 g/mol. The van der Waals surface area contributed by atoms with Gasteiger partial charge in [-0.25, -0.2) is 0 Å². The second-order valence-corrected chi connectivity index (χ2v) is 22.1. The van der Waals surface area contributed by atoms with Crippen molar-refractivity contribution in [1.29, 1.82) is 0 Å². The molecule has 0 unspecified atom stereocenters. The molecular formula is C41H44Cl4Zr. The van der Waals surface area contributed by atoms with Gasteiger partial charge in [-0.1, -0.05) is 0 Å². The van der Waals surface area contributed by atoms with E-state index in [1.165, 1.54) is 44.5 Å². The van der Waals surface area contributed by atoms with Crippen LogP contribution in [-0.2, 0) is 44.9 Å². The van der Waals surface area contributed by atoms with Crippen molar-refractivity contribution in [2.45, 2.75) is 75.3 Å². The third-order valence-electron chi connectivity index (χ3n) is 9.15. The van der Waals surface area contributed by atoms with Crippen LogP contribution in [0, 0.1) is 0 Å². The average Bonchev–Trinajstić information content (AvgIpc) is 3.59. The van der Waals surface area contributed by atoms with Crippen molar-refractivity contribution in [2.24, 2.45) is 0 Å². The van der Waals surface area contributed by atoms with E-state index in [0.717, 1.165) is 29.3 Å². The summed E-state index contributed by atoms with van der Waals surface area (Å²) >= 11 is 10.5. The standard InChI is InChI=1S/C21H25.C15H12Cl2.C5H5.2ClH.Zr/c1-20(2,3)16-9-7-14-11-15-8-10-17(21(4,5)6)13-19(15)18(14)12-16;16-14-8-2-6-12(10-14)4-1-5-13-7-3-9-15(17)11-13;1-2-4-5-3-1;;;/h7-13H,1-6H3;2-3,6-11H,4-5H2;1-3H,4H2;2*1H;. The largest absolute Gasteiger partial charge is 0.147 e. The van der Waals surface area contributed by atoms with Gasteiger partial charge >= 0.3 is 284 Å². The first-order valence-corrected chi connectivity index (χ1v) is 20.4. The van der Waals surface area contributed by atoms with Crippen LogP contribution in [0.2, 0.25) is 10.0 Å². The minimum atomic E-state index is -2.62. The van der Waals surface area contributed by atoms with Crippen LogP contribution in [0.15, 0.2) is 106 Å². The van der Waals surface area contributed by atoms with Crippen molar-refractivity contribution in [3.63, 3.8) is 0 Å². The molecule has 0 radical (unpaired) electrons. The Morgan fingerprint density at radius 1 is 0.674 bits per heavy atom. The number of allylic oxidation sites excluding steroid dienone is 4. The van der Waals surface area contributed by atoms with E-state index in [2.05, 4.69) is 133 Å². The number of benzene rings is 4. The van der Waals surface area contributed by atoms with Crippen molar-refractivity contribution in [2.75, 3.05) is 0 Å². The van der Waals surface area contributed by atoms with E-state index in [1.807, 2.05) is 12.1 Å². The van der Waals surface area contributed by atoms with Gasteiger partial charge in [0.05, 0.1) is 0 Å². The molecule has 4 aromatic rings. The van der Waals surface area contributed by atoms with Gasteiger partial charge in [0.1, 0.15) is 0 Å². The van der Waals surface area contributed by atoms with Gasteiger partial charge in [-0.3, -0.25) is 0 Å². The molecule has 2 aliphatic rings. The molecule has 0 saturated carbocycles. The SMILES string of the molecule is CC(C)(C)c1ccc2c(c1)-c1cc(C(C)(C)C)ccc1[CH]2[Zr]([C]1=CC=CC1)=[C](Cc1cccc(Cl)c1)Cc1cccc(Cl)c1.Cl.Cl. The van der Waals surface area contributed by atoms with Crippen LogP contribution in [0.1, 0.15) is 85.0 Å². The molecular weight excluding hydrogens is 725 g/mol. The van der Waals surface area contributed by atoms with E-state index in [-0.39, 0.29) is 35.6 Å². The van der Waals surface area contributed by atoms with E-state index in [9.17, 15) is 0 Å². The fraction of sp³-hybridized carbons (Fsp3) is 0.293. The Morgan fingerprint density at radius 3 is 1.54 bits per heavy atom. The van der Waals surface area contributed by atoms with Crippen LogP contribution in [0.3, 0.4) is 0 Å². The maximum absolute atomic E-state index is 6.55. The molecule has 0 bridgehead atoms. The molecule has 5 heteroatoms. The Morgan fingerprint density at radius 2 is 1.15 bits per heavy atom. The summed E-state index contributed by atoms with van der Waals surface area (Å²) < 4.78 is 3.79. The molecule has 0 saturated heterocycles. The first-order valence-electron chi connectivity index (χ1n) is 15.7. The fourth-order valence-corrected chi connectivity index (χ4v) is 16.5. The van der Waals surface area contributed by atoms with Gasteiger partial charge in [0.2, 0.25) is 0 Å². The molecule has 0 atom stereocenters. The maximum Gasteiger partial charge on any atom is -0.147 e. The van der Waals surface area contributed by atoms with Crippen molar-refractivity contribution < 1.29 is 21.3 Å². The zero-order chi connectivity index (χ0) is 31.2. The predicted octanol–water partition coefficient (Wildman–Crippen LogP) is 12.6. The van der Waals surface area contributed by atoms with Crippen LogP contribution in [-0.4, -0.2) is 3.21 Å². The number of hydrogen-bond donors (Lipinski definition) is 0. The molecule has 6 rings (SSSR count). The topological polar surface area (TPSA) is 0 Å². The zero-order valence-corrected chi connectivity index (χ0v) is 33.2. The van der Waals surface area contributed by atoms with Gasteiger partial charge in [0.25, 0.3) is 0 Å². The van der Waals surface area contributed by atoms with Gasteiger partial charge in [0.15, 0.2) is 0 Å². The fourth-order valence-electron chi connectivity index (χ4n) is 6.80. The van der Waals surface area contributed by atoms with E-state index >= 15 is 0 Å². The quantitative estimate of drug-likeness (QED) is 0.183. The maximum atomic E-state index is 6.55. The molecule has 0 spiro atoms. The molecule has 2 aliphatic carbocycles. The Bertz CT molecular complexity index is 1720. The normalized spacial score (nSPS) is 13.8. The van der Waals surface area contributed by atoms with Crippen LogP contribution in [0.5, 0.6) is 0 Å². The van der Waals surface area contributed by atoms with Crippen molar-refractivity contribution in [3.8, 4) is 11.1 Å². The van der Waals surface area contributed by atoms with E-state index < -0.39 is 21.3 Å². The second-order valence-electron chi connectivity index (χ2n) is 14.5. The van der Waals surface area contributed by atoms with Gasteiger partial charge in [-0.2, -0.15) is 0 Å². The smallest absolute Gasteiger partial charge is 0.147 e. The van der Waals surface area contributed by atoms with Crippen molar-refractivity contribution >= 4 is 51.2 Å². The first-order chi connectivity index (χ1) is 20.9. The van der Waals surface area contributed by atoms with Crippen LogP contribution >= 0.6 is 48.0 Å². The third-order valence-corrected chi connectivity index (χ3v) is 17.9. The van der Waals surface area contributed by atoms with E-state index in [0.29, 0.717) is 3.63 Å². The minimum absolute atomic E-state index is 0. The van der Waals surface area contributed by atoms with Gasteiger partial charge in [0, 0.05) is 0 Å². The first kappa shape index (κ1) is 37.1. The summed E-state index contributed by atoms with van der Waals surface area (Å²) in [4.78, 5) is 0. The number of halogens is 4. The summed E-state index contributed by atoms with van der Waals surface area (Å²) in [6, 6.07) is 31.7. The predicted molar refractivity (Wildman–Crippen MR) is 203 cm³/mol. The molecule has 0 heterocycles. The molecule has 0 N–H and O–H groups in total. The summed E-state index contributed by atoms with van der Waals surface area (Å²) in [6.07, 6.45) is 10.0. The Balaban J connectivity index is 0.00000240. The monoisotopic (exact) mass is 766 g/mol. The molecule has 240 valence electrons. The Hall–Kier alpha value is -1.73. The molecule has 0 nitrogen and oxygen atoms in total. The van der Waals surface area contributed by atoms with Crippen LogP contribution in [0.25, 0.3) is 11.1 Å². The van der Waals surface area contributed by atoms with E-state index in [1.54, 1.807) is 6.49 Å². The number of hydrogen-bond acceptors (Lipinski definition) is 0. The molecule has 0 aliphatic heterocycles. The molecule has 0 aromatic heterocycles. The summed E-state index contributed by atoms with van der Waals surface area (Å²) in [5, 5.41) is 1.61. The van der Waals surface area contributed by atoms with Crippen LogP contribution < -0.4 is 0 Å². The molecule has 46 heavy (non-hydrogen) atoms. The number of rotatable bonds is 6. The zero-order valence-electron chi connectivity index (χ0n) is 27.6. The summed E-state index contributed by atoms with van der Waals surface area (Å²) in [6.45, 7) is 14.0. The summed E-state index contributed by atoms with van der Waals surface area (Å²) in [5.74, 6) is 0. The molecule has 0 amide bonds. The second kappa shape index (κ2) is 14.8. The summed E-state index contributed by atoms with van der Waals surface area (Å²) in [7, 11) is 0. The molecule has 0 fully saturated rings. The van der Waals surface area contributed by atoms with E-state index in [4.69, 9.17) is 23.2 Å². The van der Waals surface area contributed by atoms with Crippen LogP contribution in [0.4, 0.5) is 0 Å². The van der Waals surface area contributed by atoms with Gasteiger partial charge in [-0.05, 0) is 0 Å². The minimum Gasteiger partial charge on any atom is -0.147 e. The molecule has 4 aromatic carbocycles. The van der Waals surface area contributed by atoms with Crippen molar-refractivity contribution in [3.05, 3.63) is 150 Å². The van der Waals surface area contributed by atoms with Crippen molar-refractivity contribution in [1.82, 2.24) is 0 Å². The third kappa shape index (κ3) is 7.93. The Kier molecular flexibility index (Phi) is 11.9. The summed E-state index contributed by atoms with van der Waals surface area (Å²) in [5.41, 5.74) is 11.5.